The van der Waals surface area contributed by atoms with Gasteiger partial charge in [0, 0.05) is 29.6 Å². The summed E-state index contributed by atoms with van der Waals surface area (Å²) in [6.07, 6.45) is 3.52. The summed E-state index contributed by atoms with van der Waals surface area (Å²) in [5.41, 5.74) is 3.45. The van der Waals surface area contributed by atoms with E-state index in [0.717, 1.165) is 22.5 Å². The first-order valence-corrected chi connectivity index (χ1v) is 8.79. The van der Waals surface area contributed by atoms with Crippen LogP contribution in [0.1, 0.15) is 26.3 Å². The Kier molecular flexibility index (Phi) is 5.09. The van der Waals surface area contributed by atoms with Crippen LogP contribution in [0.3, 0.4) is 0 Å². The summed E-state index contributed by atoms with van der Waals surface area (Å²) < 4.78 is 0. The molecule has 0 spiro atoms. The van der Waals surface area contributed by atoms with Crippen molar-refractivity contribution in [2.45, 2.75) is 33.2 Å². The van der Waals surface area contributed by atoms with Crippen molar-refractivity contribution in [3.63, 3.8) is 0 Å². The molecule has 0 atom stereocenters. The summed E-state index contributed by atoms with van der Waals surface area (Å²) in [6, 6.07) is 11.6. The van der Waals surface area contributed by atoms with Gasteiger partial charge in [0.25, 0.3) is 0 Å². The molecule has 2 N–H and O–H groups in total. The second-order valence-corrected chi connectivity index (χ2v) is 7.59. The molecule has 0 radical (unpaired) electrons. The molecule has 2 aromatic heterocycles. The van der Waals surface area contributed by atoms with E-state index in [1.165, 1.54) is 0 Å². The van der Waals surface area contributed by atoms with Crippen LogP contribution in [0.25, 0.3) is 11.3 Å². The lowest BCUT2D eigenvalue weighted by Crippen LogP contribution is -2.27. The monoisotopic (exact) mass is 367 g/mol. The number of nitrogens with one attached hydrogen (secondary N) is 2. The van der Waals surface area contributed by atoms with Crippen molar-refractivity contribution in [3.8, 4) is 11.3 Å². The quantitative estimate of drug-likeness (QED) is 0.641. The largest absolute Gasteiger partial charge is 0.350 e. The minimum Gasteiger partial charge on any atom is -0.350 e. The third-order valence-corrected chi connectivity index (χ3v) is 3.87. The average Bonchev–Trinajstić information content (AvgIpc) is 2.56. The minimum absolute atomic E-state index is 0.160. The SMILES string of the molecule is Cc1ccc(Nc2cc(-c3cccnc3)nc(NC(C)(C)C)n2)c(Cl)c1. The van der Waals surface area contributed by atoms with Gasteiger partial charge in [0.1, 0.15) is 5.82 Å². The Morgan fingerprint density at radius 2 is 1.85 bits per heavy atom. The van der Waals surface area contributed by atoms with Crippen molar-refractivity contribution in [3.05, 3.63) is 59.4 Å². The van der Waals surface area contributed by atoms with Crippen molar-refractivity contribution in [2.24, 2.45) is 0 Å². The van der Waals surface area contributed by atoms with E-state index < -0.39 is 0 Å². The van der Waals surface area contributed by atoms with Crippen molar-refractivity contribution >= 4 is 29.1 Å². The molecule has 0 fully saturated rings. The molecule has 134 valence electrons. The Bertz CT molecular complexity index is 904. The van der Waals surface area contributed by atoms with Crippen LogP contribution >= 0.6 is 11.6 Å². The standard InChI is InChI=1S/C20H22ClN5/c1-13-7-8-16(15(21)10-13)23-18-11-17(14-6-5-9-22-12-14)24-19(25-18)26-20(2,3)4/h5-12H,1-4H3,(H2,23,24,25,26). The second-order valence-electron chi connectivity index (χ2n) is 7.19. The summed E-state index contributed by atoms with van der Waals surface area (Å²) in [6.45, 7) is 8.21. The van der Waals surface area contributed by atoms with E-state index in [0.29, 0.717) is 16.8 Å². The molecule has 3 rings (SSSR count). The van der Waals surface area contributed by atoms with Gasteiger partial charge in [-0.3, -0.25) is 4.98 Å². The first-order chi connectivity index (χ1) is 12.3. The van der Waals surface area contributed by atoms with Crippen LogP contribution in [0.2, 0.25) is 5.02 Å². The number of hydrogen-bond acceptors (Lipinski definition) is 5. The molecule has 1 aromatic carbocycles. The number of nitrogens with zero attached hydrogens (tertiary/aromatic N) is 3. The third kappa shape index (κ3) is 4.70. The highest BCUT2D eigenvalue weighted by Crippen LogP contribution is 2.28. The van der Waals surface area contributed by atoms with Gasteiger partial charge in [0.05, 0.1) is 16.4 Å². The van der Waals surface area contributed by atoms with Gasteiger partial charge in [-0.2, -0.15) is 4.98 Å². The van der Waals surface area contributed by atoms with Crippen LogP contribution in [0, 0.1) is 6.92 Å². The smallest absolute Gasteiger partial charge is 0.225 e. The Balaban J connectivity index is 2.01. The molecule has 3 aromatic rings. The van der Waals surface area contributed by atoms with Gasteiger partial charge < -0.3 is 10.6 Å². The van der Waals surface area contributed by atoms with E-state index >= 15 is 0 Å². The average molecular weight is 368 g/mol. The van der Waals surface area contributed by atoms with Crippen LogP contribution in [0.15, 0.2) is 48.8 Å². The first-order valence-electron chi connectivity index (χ1n) is 8.41. The van der Waals surface area contributed by atoms with Crippen molar-refractivity contribution in [1.82, 2.24) is 15.0 Å². The molecule has 0 saturated carbocycles. The fourth-order valence-corrected chi connectivity index (χ4v) is 2.71. The van der Waals surface area contributed by atoms with E-state index in [9.17, 15) is 0 Å². The summed E-state index contributed by atoms with van der Waals surface area (Å²) in [4.78, 5) is 13.4. The zero-order chi connectivity index (χ0) is 18.7. The van der Waals surface area contributed by atoms with Crippen LogP contribution < -0.4 is 10.6 Å². The van der Waals surface area contributed by atoms with Gasteiger partial charge in [-0.15, -0.1) is 0 Å². The first kappa shape index (κ1) is 18.1. The van der Waals surface area contributed by atoms with Gasteiger partial charge in [-0.1, -0.05) is 17.7 Å². The maximum Gasteiger partial charge on any atom is 0.225 e. The Labute approximate surface area is 158 Å². The van der Waals surface area contributed by atoms with Crippen LogP contribution in [-0.4, -0.2) is 20.5 Å². The zero-order valence-electron chi connectivity index (χ0n) is 15.3. The fourth-order valence-electron chi connectivity index (χ4n) is 2.42. The molecular formula is C20H22ClN5. The van der Waals surface area contributed by atoms with E-state index in [-0.39, 0.29) is 5.54 Å². The number of halogens is 1. The highest BCUT2D eigenvalue weighted by molar-refractivity contribution is 6.33. The summed E-state index contributed by atoms with van der Waals surface area (Å²) in [5.74, 6) is 1.21. The van der Waals surface area contributed by atoms with Gasteiger partial charge in [-0.25, -0.2) is 4.98 Å². The van der Waals surface area contributed by atoms with Crippen molar-refractivity contribution in [1.29, 1.82) is 0 Å². The lowest BCUT2D eigenvalue weighted by molar-refractivity contribution is 0.626. The van der Waals surface area contributed by atoms with E-state index in [1.54, 1.807) is 12.4 Å². The predicted octanol–water partition coefficient (Wildman–Crippen LogP) is 5.45. The lowest BCUT2D eigenvalue weighted by Gasteiger charge is -2.21. The maximum atomic E-state index is 6.35. The summed E-state index contributed by atoms with van der Waals surface area (Å²) >= 11 is 6.35. The second kappa shape index (κ2) is 7.30. The number of anilines is 3. The third-order valence-electron chi connectivity index (χ3n) is 3.56. The number of pyridine rings is 1. The molecular weight excluding hydrogens is 346 g/mol. The molecule has 0 aliphatic carbocycles. The van der Waals surface area contributed by atoms with Gasteiger partial charge in [0.15, 0.2) is 0 Å². The van der Waals surface area contributed by atoms with Gasteiger partial charge >= 0.3 is 0 Å². The molecule has 2 heterocycles. The molecule has 0 amide bonds. The number of benzene rings is 1. The number of hydrogen-bond donors (Lipinski definition) is 2. The molecule has 0 saturated heterocycles. The predicted molar refractivity (Wildman–Crippen MR) is 108 cm³/mol. The number of rotatable bonds is 4. The van der Waals surface area contributed by atoms with E-state index in [2.05, 4.69) is 46.4 Å². The molecule has 0 unspecified atom stereocenters. The Morgan fingerprint density at radius 3 is 2.50 bits per heavy atom. The maximum absolute atomic E-state index is 6.35. The number of aryl methyl sites for hydroxylation is 1. The zero-order valence-corrected chi connectivity index (χ0v) is 16.1. The summed E-state index contributed by atoms with van der Waals surface area (Å²) in [5, 5.41) is 7.27. The van der Waals surface area contributed by atoms with Crippen molar-refractivity contribution in [2.75, 3.05) is 10.6 Å². The van der Waals surface area contributed by atoms with Gasteiger partial charge in [-0.05, 0) is 57.5 Å². The molecule has 6 heteroatoms. The Morgan fingerprint density at radius 1 is 1.04 bits per heavy atom. The highest BCUT2D eigenvalue weighted by atomic mass is 35.5. The minimum atomic E-state index is -0.160. The fraction of sp³-hybridized carbons (Fsp3) is 0.250. The van der Waals surface area contributed by atoms with Crippen LogP contribution in [0.4, 0.5) is 17.5 Å². The summed E-state index contributed by atoms with van der Waals surface area (Å²) in [7, 11) is 0. The topological polar surface area (TPSA) is 62.7 Å². The van der Waals surface area contributed by atoms with Crippen molar-refractivity contribution < 1.29 is 0 Å². The number of aromatic nitrogens is 3. The van der Waals surface area contributed by atoms with E-state index in [1.807, 2.05) is 43.3 Å². The highest BCUT2D eigenvalue weighted by Gasteiger charge is 2.14. The molecule has 0 aliphatic rings. The normalized spacial score (nSPS) is 11.3. The van der Waals surface area contributed by atoms with E-state index in [4.69, 9.17) is 11.6 Å². The molecule has 0 bridgehead atoms. The molecule has 5 nitrogen and oxygen atoms in total. The molecule has 26 heavy (non-hydrogen) atoms. The van der Waals surface area contributed by atoms with Gasteiger partial charge in [0.2, 0.25) is 5.95 Å². The van der Waals surface area contributed by atoms with Crippen LogP contribution in [-0.2, 0) is 0 Å². The molecule has 0 aliphatic heterocycles. The van der Waals surface area contributed by atoms with Crippen LogP contribution in [0.5, 0.6) is 0 Å². The Hall–Kier alpha value is -2.66. The lowest BCUT2D eigenvalue weighted by atomic mass is 10.1.